The molecule has 0 saturated carbocycles. The van der Waals surface area contributed by atoms with Crippen molar-refractivity contribution in [2.45, 2.75) is 46.2 Å². The number of benzene rings is 2. The van der Waals surface area contributed by atoms with E-state index in [1.54, 1.807) is 44.2 Å². The summed E-state index contributed by atoms with van der Waals surface area (Å²) in [4.78, 5) is 27.5. The molecule has 10 heteroatoms. The van der Waals surface area contributed by atoms with Crippen LogP contribution in [0.2, 0.25) is 10.0 Å². The van der Waals surface area contributed by atoms with Crippen molar-refractivity contribution in [2.24, 2.45) is 0 Å². The first-order valence-corrected chi connectivity index (χ1v) is 13.6. The summed E-state index contributed by atoms with van der Waals surface area (Å²) in [5.41, 5.74) is 1.69. The molecule has 0 saturated heterocycles. The number of amides is 2. The van der Waals surface area contributed by atoms with E-state index in [0.717, 1.165) is 16.1 Å². The van der Waals surface area contributed by atoms with Gasteiger partial charge in [-0.25, -0.2) is 8.42 Å². The zero-order valence-electron chi connectivity index (χ0n) is 20.0. The number of para-hydroxylation sites is 1. The molecule has 1 N–H and O–H groups in total. The number of nitrogens with one attached hydrogen (secondary N) is 1. The van der Waals surface area contributed by atoms with Gasteiger partial charge in [0.25, 0.3) is 0 Å². The molecule has 0 aliphatic rings. The summed E-state index contributed by atoms with van der Waals surface area (Å²) >= 11 is 12.6. The average Bonchev–Trinajstić information content (AvgIpc) is 2.76. The van der Waals surface area contributed by atoms with Crippen LogP contribution in [0.25, 0.3) is 0 Å². The number of hydrogen-bond acceptors (Lipinski definition) is 4. The van der Waals surface area contributed by atoms with Gasteiger partial charge in [-0.3, -0.25) is 13.9 Å². The molecule has 0 heterocycles. The van der Waals surface area contributed by atoms with E-state index in [4.69, 9.17) is 23.2 Å². The maximum absolute atomic E-state index is 13.6. The van der Waals surface area contributed by atoms with Crippen molar-refractivity contribution in [1.29, 1.82) is 0 Å². The molecule has 0 aliphatic carbocycles. The van der Waals surface area contributed by atoms with Crippen LogP contribution in [-0.2, 0) is 26.2 Å². The predicted octanol–water partition coefficient (Wildman–Crippen LogP) is 4.44. The smallest absolute Gasteiger partial charge is 0.244 e. The Morgan fingerprint density at radius 1 is 1.00 bits per heavy atom. The van der Waals surface area contributed by atoms with Crippen LogP contribution in [0, 0.1) is 0 Å². The highest BCUT2D eigenvalue weighted by Gasteiger charge is 2.31. The van der Waals surface area contributed by atoms with Gasteiger partial charge in [0, 0.05) is 28.7 Å². The highest BCUT2D eigenvalue weighted by molar-refractivity contribution is 7.92. The van der Waals surface area contributed by atoms with Gasteiger partial charge in [-0.15, -0.1) is 0 Å². The second kappa shape index (κ2) is 11.9. The zero-order chi connectivity index (χ0) is 25.6. The molecule has 2 aromatic rings. The van der Waals surface area contributed by atoms with Gasteiger partial charge >= 0.3 is 0 Å². The van der Waals surface area contributed by atoms with E-state index < -0.39 is 28.5 Å². The van der Waals surface area contributed by atoms with E-state index in [1.165, 1.54) is 4.90 Å². The van der Waals surface area contributed by atoms with Gasteiger partial charge in [-0.2, -0.15) is 0 Å². The van der Waals surface area contributed by atoms with Gasteiger partial charge in [0.05, 0.1) is 11.9 Å². The normalized spacial score (nSPS) is 12.4. The van der Waals surface area contributed by atoms with Gasteiger partial charge in [0.1, 0.15) is 12.6 Å². The number of rotatable bonds is 10. The third-order valence-corrected chi connectivity index (χ3v) is 7.25. The number of halogens is 2. The molecule has 1 atom stereocenters. The van der Waals surface area contributed by atoms with E-state index in [-0.39, 0.29) is 18.4 Å². The highest BCUT2D eigenvalue weighted by atomic mass is 35.5. The maximum Gasteiger partial charge on any atom is 0.244 e. The first-order valence-electron chi connectivity index (χ1n) is 10.9. The fourth-order valence-electron chi connectivity index (χ4n) is 3.56. The molecule has 0 bridgehead atoms. The van der Waals surface area contributed by atoms with Crippen LogP contribution in [0.4, 0.5) is 5.69 Å². The maximum atomic E-state index is 13.6. The van der Waals surface area contributed by atoms with E-state index in [0.29, 0.717) is 27.8 Å². The van der Waals surface area contributed by atoms with E-state index in [9.17, 15) is 18.0 Å². The summed E-state index contributed by atoms with van der Waals surface area (Å²) in [6.45, 7) is 7.10. The largest absolute Gasteiger partial charge is 0.355 e. The number of nitrogens with zero attached hydrogens (tertiary/aromatic N) is 2. The van der Waals surface area contributed by atoms with Gasteiger partial charge in [0.15, 0.2) is 0 Å². The Morgan fingerprint density at radius 3 is 2.12 bits per heavy atom. The molecule has 34 heavy (non-hydrogen) atoms. The molecule has 0 aliphatic heterocycles. The molecule has 186 valence electrons. The minimum absolute atomic E-state index is 0.0304. The lowest BCUT2D eigenvalue weighted by atomic mass is 10.0. The van der Waals surface area contributed by atoms with E-state index in [1.807, 2.05) is 26.0 Å². The van der Waals surface area contributed by atoms with Crippen LogP contribution in [0.3, 0.4) is 0 Å². The Kier molecular flexibility index (Phi) is 9.79. The second-order valence-electron chi connectivity index (χ2n) is 8.28. The number of sulfonamides is 1. The van der Waals surface area contributed by atoms with Crippen molar-refractivity contribution in [1.82, 2.24) is 10.2 Å². The number of likely N-dealkylation sites (N-methyl/N-ethyl adjacent to an activating group) is 1. The van der Waals surface area contributed by atoms with Crippen molar-refractivity contribution >= 4 is 50.7 Å². The van der Waals surface area contributed by atoms with Gasteiger partial charge in [0.2, 0.25) is 21.8 Å². The molecule has 2 aromatic carbocycles. The van der Waals surface area contributed by atoms with Crippen LogP contribution >= 0.6 is 23.2 Å². The molecule has 2 amide bonds. The van der Waals surface area contributed by atoms with Crippen LogP contribution in [0.1, 0.15) is 44.7 Å². The van der Waals surface area contributed by atoms with Crippen molar-refractivity contribution in [3.05, 3.63) is 63.6 Å². The molecule has 2 rings (SSSR count). The lowest BCUT2D eigenvalue weighted by molar-refractivity contribution is -0.139. The molecule has 0 spiro atoms. The fraction of sp³-hybridized carbons (Fsp3) is 0.417. The fourth-order valence-corrected chi connectivity index (χ4v) is 4.94. The standard InChI is InChI=1S/C24H31Cl2N3O4S/c1-6-27-24(31)17(4)28(14-19-20(25)11-9-12-21(19)26)23(30)15-29(34(5,32)33)22-13-8-7-10-18(22)16(2)3/h7-13,16-17H,6,14-15H2,1-5H3,(H,27,31)/t17-/m1/s1. The summed E-state index contributed by atoms with van der Waals surface area (Å²) in [6, 6.07) is 11.1. The topological polar surface area (TPSA) is 86.8 Å². The lowest BCUT2D eigenvalue weighted by Crippen LogP contribution is -2.51. The zero-order valence-corrected chi connectivity index (χ0v) is 22.3. The second-order valence-corrected chi connectivity index (χ2v) is 11.0. The monoisotopic (exact) mass is 527 g/mol. The summed E-state index contributed by atoms with van der Waals surface area (Å²) in [6.07, 6.45) is 1.06. The summed E-state index contributed by atoms with van der Waals surface area (Å²) in [5.74, 6) is -0.894. The molecule has 0 aromatic heterocycles. The molecular formula is C24H31Cl2N3O4S. The van der Waals surface area contributed by atoms with Crippen LogP contribution in [0.5, 0.6) is 0 Å². The van der Waals surface area contributed by atoms with E-state index >= 15 is 0 Å². The van der Waals surface area contributed by atoms with Crippen molar-refractivity contribution in [3.63, 3.8) is 0 Å². The minimum Gasteiger partial charge on any atom is -0.355 e. The quantitative estimate of drug-likeness (QED) is 0.494. The molecule has 7 nitrogen and oxygen atoms in total. The number of carbonyl (C=O) groups is 2. The highest BCUT2D eigenvalue weighted by Crippen LogP contribution is 2.30. The summed E-state index contributed by atoms with van der Waals surface area (Å²) in [5, 5.41) is 3.40. The Bertz CT molecular complexity index is 1120. The molecule has 0 radical (unpaired) electrons. The average molecular weight is 529 g/mol. The van der Waals surface area contributed by atoms with Crippen molar-refractivity contribution < 1.29 is 18.0 Å². The van der Waals surface area contributed by atoms with Gasteiger partial charge < -0.3 is 10.2 Å². The minimum atomic E-state index is -3.81. The van der Waals surface area contributed by atoms with Crippen molar-refractivity contribution in [3.8, 4) is 0 Å². The Morgan fingerprint density at radius 2 is 1.59 bits per heavy atom. The third-order valence-electron chi connectivity index (χ3n) is 5.42. The molecule has 0 fully saturated rings. The summed E-state index contributed by atoms with van der Waals surface area (Å²) < 4.78 is 26.6. The number of anilines is 1. The molecular weight excluding hydrogens is 497 g/mol. The van der Waals surface area contributed by atoms with Crippen LogP contribution in [0.15, 0.2) is 42.5 Å². The van der Waals surface area contributed by atoms with Crippen molar-refractivity contribution in [2.75, 3.05) is 23.7 Å². The Labute approximate surface area is 212 Å². The Hall–Kier alpha value is -2.29. The third kappa shape index (κ3) is 6.87. The first kappa shape index (κ1) is 28.0. The molecule has 0 unspecified atom stereocenters. The first-order chi connectivity index (χ1) is 15.9. The lowest BCUT2D eigenvalue weighted by Gasteiger charge is -2.32. The summed E-state index contributed by atoms with van der Waals surface area (Å²) in [7, 11) is -3.81. The van der Waals surface area contributed by atoms with E-state index in [2.05, 4.69) is 5.32 Å². The predicted molar refractivity (Wildman–Crippen MR) is 138 cm³/mol. The van der Waals surface area contributed by atoms with Crippen LogP contribution < -0.4 is 9.62 Å². The number of hydrogen-bond donors (Lipinski definition) is 1. The van der Waals surface area contributed by atoms with Gasteiger partial charge in [-0.1, -0.05) is 61.3 Å². The van der Waals surface area contributed by atoms with Gasteiger partial charge in [-0.05, 0) is 43.5 Å². The SMILES string of the molecule is CCNC(=O)[C@@H](C)N(Cc1c(Cl)cccc1Cl)C(=O)CN(c1ccccc1C(C)C)S(C)(=O)=O. The Balaban J connectivity index is 2.51. The van der Waals surface area contributed by atoms with Crippen LogP contribution in [-0.4, -0.2) is 50.5 Å². The number of carbonyl (C=O) groups excluding carboxylic acids is 2.